The van der Waals surface area contributed by atoms with Gasteiger partial charge in [-0.3, -0.25) is 19.2 Å². The molecule has 0 aromatic carbocycles. The molecular weight excluding hydrogens is 526 g/mol. The number of hydrogen-bond acceptors (Lipinski definition) is 7. The minimum atomic E-state index is -0.542. The zero-order chi connectivity index (χ0) is 30.5. The van der Waals surface area contributed by atoms with Crippen LogP contribution in [0.3, 0.4) is 0 Å². The van der Waals surface area contributed by atoms with Crippen molar-refractivity contribution in [2.45, 2.75) is 91.9 Å². The van der Waals surface area contributed by atoms with Crippen molar-refractivity contribution in [2.75, 3.05) is 33.2 Å². The first kappa shape index (κ1) is 32.1. The van der Waals surface area contributed by atoms with E-state index in [1.54, 1.807) is 0 Å². The van der Waals surface area contributed by atoms with Crippen LogP contribution >= 0.6 is 0 Å². The highest BCUT2D eigenvalue weighted by atomic mass is 16.2. The molecule has 230 valence electrons. The maximum atomic E-state index is 12.7. The molecule has 4 aliphatic rings. The summed E-state index contributed by atoms with van der Waals surface area (Å²) in [5.41, 5.74) is 3.58. The maximum Gasteiger partial charge on any atom is 0.147 e. The summed E-state index contributed by atoms with van der Waals surface area (Å²) in [5, 5.41) is 7.01. The van der Waals surface area contributed by atoms with Crippen molar-refractivity contribution in [1.29, 1.82) is 0 Å². The SMILES string of the molecule is CN(CCCNC1=CCCC(C2C(=O)CC(C)(C)CC2=O)=C1)CCCNC1=CCCC(C2C(=O)CC(C)(C)CC2=O)=C1. The van der Waals surface area contributed by atoms with E-state index in [0.717, 1.165) is 87.2 Å². The van der Waals surface area contributed by atoms with E-state index in [1.165, 1.54) is 0 Å². The summed E-state index contributed by atoms with van der Waals surface area (Å²) >= 11 is 0. The van der Waals surface area contributed by atoms with Crippen LogP contribution < -0.4 is 10.6 Å². The number of nitrogens with one attached hydrogen (secondary N) is 2. The van der Waals surface area contributed by atoms with Gasteiger partial charge in [0, 0.05) is 50.2 Å². The second-order valence-electron chi connectivity index (χ2n) is 14.5. The lowest BCUT2D eigenvalue weighted by Gasteiger charge is -2.33. The van der Waals surface area contributed by atoms with Crippen LogP contribution in [0.25, 0.3) is 0 Å². The lowest BCUT2D eigenvalue weighted by Crippen LogP contribution is -2.39. The monoisotopic (exact) mass is 577 g/mol. The molecule has 2 fully saturated rings. The Balaban J connectivity index is 1.13. The fourth-order valence-corrected chi connectivity index (χ4v) is 7.03. The van der Waals surface area contributed by atoms with Crippen molar-refractivity contribution >= 4 is 23.1 Å². The summed E-state index contributed by atoms with van der Waals surface area (Å²) in [4.78, 5) is 53.3. The summed E-state index contributed by atoms with van der Waals surface area (Å²) in [6.07, 6.45) is 15.6. The van der Waals surface area contributed by atoms with Crippen LogP contribution in [0, 0.1) is 22.7 Å². The van der Waals surface area contributed by atoms with Crippen LogP contribution in [0.1, 0.15) is 91.9 Å². The zero-order valence-electron chi connectivity index (χ0n) is 26.4. The number of rotatable bonds is 12. The molecular formula is C35H51N3O4. The summed E-state index contributed by atoms with van der Waals surface area (Å²) < 4.78 is 0. The zero-order valence-corrected chi connectivity index (χ0v) is 26.4. The van der Waals surface area contributed by atoms with Gasteiger partial charge in [0.2, 0.25) is 0 Å². The molecule has 0 saturated heterocycles. The molecule has 4 rings (SSSR count). The first-order valence-corrected chi connectivity index (χ1v) is 15.9. The Morgan fingerprint density at radius 1 is 0.667 bits per heavy atom. The summed E-state index contributed by atoms with van der Waals surface area (Å²) in [6, 6.07) is 0. The van der Waals surface area contributed by atoms with E-state index < -0.39 is 11.8 Å². The van der Waals surface area contributed by atoms with Gasteiger partial charge in [0.15, 0.2) is 0 Å². The molecule has 0 atom stereocenters. The standard InChI is InChI=1S/C35H51N3O4/c1-34(2)20-28(39)32(29(40)21-34)24-10-6-12-26(18-24)36-14-8-16-38(5)17-9-15-37-27-13-7-11-25(19-27)33-30(41)22-35(3,4)23-31(33)42/h12-13,18-19,32-33,36-37H,6-11,14-17,20-23H2,1-5H3. The highest BCUT2D eigenvalue weighted by Crippen LogP contribution is 2.39. The number of carbonyl (C=O) groups is 4. The fourth-order valence-electron chi connectivity index (χ4n) is 7.03. The van der Waals surface area contributed by atoms with Crippen LogP contribution in [-0.4, -0.2) is 61.3 Å². The van der Waals surface area contributed by atoms with Crippen LogP contribution in [0.4, 0.5) is 0 Å². The molecule has 0 aromatic heterocycles. The second kappa shape index (κ2) is 13.7. The maximum absolute atomic E-state index is 12.7. The van der Waals surface area contributed by atoms with Gasteiger partial charge in [0.25, 0.3) is 0 Å². The molecule has 2 saturated carbocycles. The highest BCUT2D eigenvalue weighted by Gasteiger charge is 2.42. The molecule has 0 heterocycles. The van der Waals surface area contributed by atoms with Crippen LogP contribution in [0.2, 0.25) is 0 Å². The summed E-state index contributed by atoms with van der Waals surface area (Å²) in [6.45, 7) is 11.6. The van der Waals surface area contributed by atoms with E-state index in [9.17, 15) is 19.2 Å². The average Bonchev–Trinajstić information content (AvgIpc) is 2.87. The van der Waals surface area contributed by atoms with Crippen molar-refractivity contribution in [1.82, 2.24) is 15.5 Å². The fraction of sp³-hybridized carbons (Fsp3) is 0.657. The molecule has 0 unspecified atom stereocenters. The molecule has 2 N–H and O–H groups in total. The van der Waals surface area contributed by atoms with E-state index >= 15 is 0 Å². The van der Waals surface area contributed by atoms with Gasteiger partial charge in [0.05, 0.1) is 11.8 Å². The van der Waals surface area contributed by atoms with Crippen molar-refractivity contribution < 1.29 is 19.2 Å². The number of carbonyl (C=O) groups excluding carboxylic acids is 4. The molecule has 0 bridgehead atoms. The van der Waals surface area contributed by atoms with Gasteiger partial charge in [-0.2, -0.15) is 0 Å². The van der Waals surface area contributed by atoms with Crippen LogP contribution in [-0.2, 0) is 19.2 Å². The lowest BCUT2D eigenvalue weighted by molar-refractivity contribution is -0.139. The number of ketones is 4. The van der Waals surface area contributed by atoms with E-state index in [1.807, 2.05) is 39.8 Å². The third-order valence-electron chi connectivity index (χ3n) is 9.01. The van der Waals surface area contributed by atoms with E-state index in [0.29, 0.717) is 25.7 Å². The third kappa shape index (κ3) is 8.62. The summed E-state index contributed by atoms with van der Waals surface area (Å²) in [7, 11) is 2.14. The van der Waals surface area contributed by atoms with Crippen molar-refractivity contribution in [3.05, 3.63) is 46.8 Å². The Bertz CT molecular complexity index is 1070. The van der Waals surface area contributed by atoms with Gasteiger partial charge in [-0.05, 0) is 81.6 Å². The van der Waals surface area contributed by atoms with E-state index in [-0.39, 0.29) is 34.0 Å². The first-order chi connectivity index (χ1) is 19.8. The molecule has 0 amide bonds. The van der Waals surface area contributed by atoms with Crippen LogP contribution in [0.5, 0.6) is 0 Å². The van der Waals surface area contributed by atoms with Gasteiger partial charge in [-0.15, -0.1) is 0 Å². The minimum absolute atomic E-state index is 0.0784. The van der Waals surface area contributed by atoms with Crippen molar-refractivity contribution in [3.63, 3.8) is 0 Å². The minimum Gasteiger partial charge on any atom is -0.385 e. The molecule has 42 heavy (non-hydrogen) atoms. The van der Waals surface area contributed by atoms with Gasteiger partial charge >= 0.3 is 0 Å². The molecule has 0 spiro atoms. The van der Waals surface area contributed by atoms with Gasteiger partial charge < -0.3 is 15.5 Å². The quantitative estimate of drug-likeness (QED) is 0.242. The largest absolute Gasteiger partial charge is 0.385 e. The Morgan fingerprint density at radius 3 is 1.38 bits per heavy atom. The average molecular weight is 578 g/mol. The Kier molecular flexibility index (Phi) is 10.4. The van der Waals surface area contributed by atoms with Gasteiger partial charge in [0.1, 0.15) is 23.1 Å². The van der Waals surface area contributed by atoms with E-state index in [2.05, 4.69) is 34.7 Å². The Hall–Kier alpha value is -2.80. The smallest absolute Gasteiger partial charge is 0.147 e. The van der Waals surface area contributed by atoms with Gasteiger partial charge in [-0.1, -0.05) is 51.0 Å². The van der Waals surface area contributed by atoms with Crippen LogP contribution in [0.15, 0.2) is 46.8 Å². The highest BCUT2D eigenvalue weighted by molar-refractivity contribution is 6.08. The predicted octanol–water partition coefficient (Wildman–Crippen LogP) is 5.23. The third-order valence-corrected chi connectivity index (χ3v) is 9.01. The second-order valence-corrected chi connectivity index (χ2v) is 14.5. The molecule has 7 heteroatoms. The number of allylic oxidation sites excluding steroid dienone is 6. The topological polar surface area (TPSA) is 95.6 Å². The number of nitrogens with zero attached hydrogens (tertiary/aromatic N) is 1. The molecule has 0 aliphatic heterocycles. The first-order valence-electron chi connectivity index (χ1n) is 15.9. The number of Topliss-reactive ketones (excluding diaryl/α,β-unsaturated/α-hetero) is 4. The molecule has 7 nitrogen and oxygen atoms in total. The summed E-state index contributed by atoms with van der Waals surface area (Å²) in [5.74, 6) is -0.771. The molecule has 0 radical (unpaired) electrons. The molecule has 4 aliphatic carbocycles. The lowest BCUT2D eigenvalue weighted by atomic mass is 9.68. The molecule has 0 aromatic rings. The normalized spacial score (nSPS) is 23.4. The van der Waals surface area contributed by atoms with E-state index in [4.69, 9.17) is 0 Å². The predicted molar refractivity (Wildman–Crippen MR) is 167 cm³/mol. The van der Waals surface area contributed by atoms with Crippen molar-refractivity contribution in [2.24, 2.45) is 22.7 Å². The Morgan fingerprint density at radius 2 is 1.02 bits per heavy atom. The van der Waals surface area contributed by atoms with Gasteiger partial charge in [-0.25, -0.2) is 0 Å². The Labute approximate surface area is 252 Å². The van der Waals surface area contributed by atoms with Crippen molar-refractivity contribution in [3.8, 4) is 0 Å². The number of hydrogen-bond donors (Lipinski definition) is 2.